The van der Waals surface area contributed by atoms with Gasteiger partial charge in [-0.1, -0.05) is 18.2 Å². The van der Waals surface area contributed by atoms with E-state index in [1.165, 1.54) is 17.7 Å². The van der Waals surface area contributed by atoms with Crippen molar-refractivity contribution in [3.8, 4) is 11.5 Å². The molecule has 0 bridgehead atoms. The van der Waals surface area contributed by atoms with Gasteiger partial charge in [-0.15, -0.1) is 12.4 Å². The number of aliphatic hydroxyl groups is 1. The molecule has 28 heavy (non-hydrogen) atoms. The fourth-order valence-electron chi connectivity index (χ4n) is 3.11. The highest BCUT2D eigenvalue weighted by Crippen LogP contribution is 2.28. The fourth-order valence-corrected chi connectivity index (χ4v) is 3.11. The Labute approximate surface area is 169 Å². The van der Waals surface area contributed by atoms with Crippen molar-refractivity contribution in [3.05, 3.63) is 70.0 Å². The van der Waals surface area contributed by atoms with Gasteiger partial charge in [0.15, 0.2) is 0 Å². The minimum atomic E-state index is -0.736. The Kier molecular flexibility index (Phi) is 7.87. The first-order valence-corrected chi connectivity index (χ1v) is 8.95. The van der Waals surface area contributed by atoms with Crippen molar-refractivity contribution in [3.63, 3.8) is 0 Å². The summed E-state index contributed by atoms with van der Waals surface area (Å²) in [5.74, 6) is 0.841. The molecule has 0 spiro atoms. The van der Waals surface area contributed by atoms with Gasteiger partial charge in [0.2, 0.25) is 5.56 Å². The van der Waals surface area contributed by atoms with E-state index in [0.717, 1.165) is 25.1 Å². The predicted octanol–water partition coefficient (Wildman–Crippen LogP) is 2.92. The van der Waals surface area contributed by atoms with E-state index in [9.17, 15) is 15.0 Å². The van der Waals surface area contributed by atoms with Crippen LogP contribution < -0.4 is 15.6 Å². The third kappa shape index (κ3) is 5.25. The summed E-state index contributed by atoms with van der Waals surface area (Å²) in [6, 6.07) is 14.2. The van der Waals surface area contributed by atoms with Crippen LogP contribution in [-0.4, -0.2) is 35.4 Å². The lowest BCUT2D eigenvalue weighted by Crippen LogP contribution is -2.23. The summed E-state index contributed by atoms with van der Waals surface area (Å²) in [5, 5.41) is 24.3. The summed E-state index contributed by atoms with van der Waals surface area (Å²) in [5.41, 5.74) is 1.97. The van der Waals surface area contributed by atoms with E-state index in [-0.39, 0.29) is 23.7 Å². The zero-order valence-electron chi connectivity index (χ0n) is 15.6. The number of phenolic OH excluding ortho intramolecular Hbond substituents is 1. The molecule has 1 heterocycles. The fraction of sp³-hybridized carbons (Fsp3) is 0.286. The lowest BCUT2D eigenvalue weighted by atomic mass is 10.0. The third-order valence-electron chi connectivity index (χ3n) is 4.58. The second kappa shape index (κ2) is 10.1. The number of aryl methyl sites for hydroxylation is 1. The Morgan fingerprint density at radius 3 is 2.57 bits per heavy atom. The van der Waals surface area contributed by atoms with E-state index >= 15 is 0 Å². The van der Waals surface area contributed by atoms with Gasteiger partial charge in [-0.3, -0.25) is 4.79 Å². The molecule has 0 aliphatic heterocycles. The Bertz CT molecular complexity index is 957. The maximum atomic E-state index is 11.5. The molecule has 0 saturated carbocycles. The number of benzene rings is 2. The number of aromatic hydroxyl groups is 1. The molecule has 4 N–H and O–H groups in total. The predicted molar refractivity (Wildman–Crippen MR) is 113 cm³/mol. The Balaban J connectivity index is 0.00000280. The maximum Gasteiger partial charge on any atom is 0.248 e. The molecule has 1 aromatic heterocycles. The van der Waals surface area contributed by atoms with Crippen LogP contribution in [0, 0.1) is 0 Å². The quantitative estimate of drug-likeness (QED) is 0.433. The van der Waals surface area contributed by atoms with Gasteiger partial charge in [-0.25, -0.2) is 0 Å². The van der Waals surface area contributed by atoms with Crippen LogP contribution in [0.15, 0.2) is 53.3 Å². The first kappa shape index (κ1) is 21.8. The number of aromatic nitrogens is 1. The number of methoxy groups -OCH3 is 1. The Morgan fingerprint density at radius 2 is 1.86 bits per heavy atom. The highest BCUT2D eigenvalue weighted by molar-refractivity contribution is 5.87. The number of aromatic amines is 1. The molecule has 0 amide bonds. The van der Waals surface area contributed by atoms with Crippen LogP contribution in [0.3, 0.4) is 0 Å². The number of hydrogen-bond acceptors (Lipinski definition) is 5. The molecule has 6 nitrogen and oxygen atoms in total. The number of rotatable bonds is 8. The lowest BCUT2D eigenvalue weighted by Gasteiger charge is -2.15. The number of fused-ring (bicyclic) bond motifs is 1. The van der Waals surface area contributed by atoms with Crippen LogP contribution in [0.5, 0.6) is 11.5 Å². The second-order valence-corrected chi connectivity index (χ2v) is 6.46. The minimum Gasteiger partial charge on any atom is -0.506 e. The van der Waals surface area contributed by atoms with Crippen LogP contribution in [0.2, 0.25) is 0 Å². The molecule has 0 aliphatic carbocycles. The summed E-state index contributed by atoms with van der Waals surface area (Å²) in [4.78, 5) is 14.1. The highest BCUT2D eigenvalue weighted by Gasteiger charge is 2.13. The standard InChI is InChI=1S/C21H24N2O4.ClH/c1-27-15-6-4-14(5-7-15)3-2-12-22-13-19(25)16-8-10-18(24)21-17(16)9-11-20(26)23-21;/h4-11,19,22,24-25H,2-3,12-13H2,1H3,(H,23,26);1H/t19-;/m0./s1. The van der Waals surface area contributed by atoms with Gasteiger partial charge in [-0.05, 0) is 54.8 Å². The molecule has 0 unspecified atom stereocenters. The number of aliphatic hydroxyl groups excluding tert-OH is 1. The molecular weight excluding hydrogens is 380 g/mol. The van der Waals surface area contributed by atoms with Crippen LogP contribution >= 0.6 is 12.4 Å². The van der Waals surface area contributed by atoms with Gasteiger partial charge in [0.25, 0.3) is 0 Å². The molecule has 0 saturated heterocycles. The van der Waals surface area contributed by atoms with Gasteiger partial charge < -0.3 is 25.3 Å². The molecule has 0 fully saturated rings. The first-order chi connectivity index (χ1) is 13.1. The highest BCUT2D eigenvalue weighted by atomic mass is 35.5. The SMILES string of the molecule is COc1ccc(CCCNC[C@H](O)c2ccc(O)c3[nH]c(=O)ccc23)cc1.Cl. The molecule has 0 radical (unpaired) electrons. The number of hydrogen-bond donors (Lipinski definition) is 4. The first-order valence-electron chi connectivity index (χ1n) is 8.95. The summed E-state index contributed by atoms with van der Waals surface area (Å²) >= 11 is 0. The van der Waals surface area contributed by atoms with Crippen molar-refractivity contribution >= 4 is 23.3 Å². The smallest absolute Gasteiger partial charge is 0.248 e. The summed E-state index contributed by atoms with van der Waals surface area (Å²) in [7, 11) is 1.65. The van der Waals surface area contributed by atoms with E-state index in [1.54, 1.807) is 19.2 Å². The van der Waals surface area contributed by atoms with Gasteiger partial charge in [-0.2, -0.15) is 0 Å². The number of phenols is 1. The van der Waals surface area contributed by atoms with E-state index in [0.29, 0.717) is 23.0 Å². The van der Waals surface area contributed by atoms with Gasteiger partial charge in [0.1, 0.15) is 11.5 Å². The van der Waals surface area contributed by atoms with E-state index in [2.05, 4.69) is 22.4 Å². The molecule has 3 rings (SSSR count). The molecule has 1 atom stereocenters. The second-order valence-electron chi connectivity index (χ2n) is 6.46. The van der Waals surface area contributed by atoms with Crippen molar-refractivity contribution in [2.45, 2.75) is 18.9 Å². The average Bonchev–Trinajstić information content (AvgIpc) is 2.68. The van der Waals surface area contributed by atoms with Crippen LogP contribution in [-0.2, 0) is 6.42 Å². The van der Waals surface area contributed by atoms with Gasteiger partial charge in [0, 0.05) is 18.0 Å². The number of halogens is 1. The molecule has 0 aliphatic rings. The normalized spacial score (nSPS) is 11.8. The van der Waals surface area contributed by atoms with Gasteiger partial charge >= 0.3 is 0 Å². The number of ether oxygens (including phenoxy) is 1. The maximum absolute atomic E-state index is 11.5. The molecule has 150 valence electrons. The summed E-state index contributed by atoms with van der Waals surface area (Å²) in [6.07, 6.45) is 1.15. The molecule has 3 aromatic rings. The summed E-state index contributed by atoms with van der Waals surface area (Å²) < 4.78 is 5.15. The van der Waals surface area contributed by atoms with Crippen molar-refractivity contribution < 1.29 is 14.9 Å². The summed E-state index contributed by atoms with van der Waals surface area (Å²) in [6.45, 7) is 1.16. The number of H-pyrrole nitrogens is 1. The average molecular weight is 405 g/mol. The van der Waals surface area contributed by atoms with Crippen LogP contribution in [0.25, 0.3) is 10.9 Å². The zero-order chi connectivity index (χ0) is 19.2. The van der Waals surface area contributed by atoms with Crippen LogP contribution in [0.4, 0.5) is 0 Å². The van der Waals surface area contributed by atoms with Crippen molar-refractivity contribution in [1.82, 2.24) is 10.3 Å². The van der Waals surface area contributed by atoms with Gasteiger partial charge in [0.05, 0.1) is 18.7 Å². The van der Waals surface area contributed by atoms with E-state index in [4.69, 9.17) is 4.74 Å². The Hall–Kier alpha value is -2.54. The molecular formula is C21H25ClN2O4. The molecule has 7 heteroatoms. The minimum absolute atomic E-state index is 0. The van der Waals surface area contributed by atoms with Crippen molar-refractivity contribution in [1.29, 1.82) is 0 Å². The van der Waals surface area contributed by atoms with Crippen LogP contribution in [0.1, 0.15) is 23.7 Å². The largest absolute Gasteiger partial charge is 0.506 e. The number of nitrogens with one attached hydrogen (secondary N) is 2. The lowest BCUT2D eigenvalue weighted by molar-refractivity contribution is 0.176. The van der Waals surface area contributed by atoms with E-state index < -0.39 is 6.10 Å². The third-order valence-corrected chi connectivity index (χ3v) is 4.58. The zero-order valence-corrected chi connectivity index (χ0v) is 16.5. The number of pyridine rings is 1. The Morgan fingerprint density at radius 1 is 1.11 bits per heavy atom. The molecule has 2 aromatic carbocycles. The van der Waals surface area contributed by atoms with Crippen molar-refractivity contribution in [2.75, 3.05) is 20.2 Å². The van der Waals surface area contributed by atoms with Crippen molar-refractivity contribution in [2.24, 2.45) is 0 Å². The van der Waals surface area contributed by atoms with E-state index in [1.807, 2.05) is 12.1 Å². The monoisotopic (exact) mass is 404 g/mol. The topological polar surface area (TPSA) is 94.6 Å².